The summed E-state index contributed by atoms with van der Waals surface area (Å²) < 4.78 is 18.6. The average molecular weight is 566 g/mol. The maximum Gasteiger partial charge on any atom is 0.243 e. The zero-order valence-corrected chi connectivity index (χ0v) is 21.9. The van der Waals surface area contributed by atoms with Crippen molar-refractivity contribution in [2.24, 2.45) is 5.10 Å². The van der Waals surface area contributed by atoms with E-state index in [9.17, 15) is 4.79 Å². The molecule has 0 bridgehead atoms. The number of hydrogen-bond acceptors (Lipinski definition) is 5. The molecule has 1 atom stereocenters. The first kappa shape index (κ1) is 24.2. The third kappa shape index (κ3) is 4.76. The fourth-order valence-corrected chi connectivity index (χ4v) is 4.88. The van der Waals surface area contributed by atoms with E-state index in [4.69, 9.17) is 25.8 Å². The van der Waals surface area contributed by atoms with Gasteiger partial charge in [0.2, 0.25) is 18.0 Å². The number of halogens is 2. The van der Waals surface area contributed by atoms with Gasteiger partial charge in [0.25, 0.3) is 0 Å². The monoisotopic (exact) mass is 564 g/mol. The molecule has 8 heteroatoms. The van der Waals surface area contributed by atoms with Crippen LogP contribution in [0.4, 0.5) is 0 Å². The molecule has 1 amide bonds. The van der Waals surface area contributed by atoms with Gasteiger partial charge in [-0.1, -0.05) is 60.1 Å². The zero-order chi connectivity index (χ0) is 25.2. The van der Waals surface area contributed by atoms with E-state index in [-0.39, 0.29) is 5.91 Å². The van der Waals surface area contributed by atoms with Crippen LogP contribution in [0, 0.1) is 0 Å². The van der Waals surface area contributed by atoms with Gasteiger partial charge in [0.15, 0.2) is 11.5 Å². The number of carbonyl (C=O) groups excluding carboxylic acids is 1. The molecule has 0 N–H and O–H groups in total. The topological polar surface area (TPSA) is 60.4 Å². The summed E-state index contributed by atoms with van der Waals surface area (Å²) in [5.74, 6) is 1.10. The Morgan fingerprint density at radius 3 is 2.64 bits per heavy atom. The summed E-state index contributed by atoms with van der Waals surface area (Å²) in [6, 6.07) is 25.1. The van der Waals surface area contributed by atoms with Gasteiger partial charge in [-0.05, 0) is 62.6 Å². The highest BCUT2D eigenvalue weighted by Gasteiger charge is 2.34. The van der Waals surface area contributed by atoms with Crippen molar-refractivity contribution in [3.05, 3.63) is 105 Å². The number of hydrogen-bond donors (Lipinski definition) is 0. The number of ether oxygens (including phenoxy) is 3. The van der Waals surface area contributed by atoms with Crippen molar-refractivity contribution in [2.75, 3.05) is 7.11 Å². The second-order valence-corrected chi connectivity index (χ2v) is 9.50. The van der Waals surface area contributed by atoms with Crippen molar-refractivity contribution in [3.63, 3.8) is 0 Å². The van der Waals surface area contributed by atoms with Crippen LogP contribution in [-0.4, -0.2) is 23.9 Å². The van der Waals surface area contributed by atoms with Gasteiger partial charge in [0.1, 0.15) is 6.61 Å². The summed E-state index contributed by atoms with van der Waals surface area (Å²) in [6.07, 6.45) is -0.770. The molecule has 0 aliphatic carbocycles. The average Bonchev–Trinajstić information content (AvgIpc) is 3.34. The summed E-state index contributed by atoms with van der Waals surface area (Å²) in [5, 5.41) is 8.54. The lowest BCUT2D eigenvalue weighted by molar-refractivity contribution is -0.135. The van der Waals surface area contributed by atoms with Crippen molar-refractivity contribution < 1.29 is 19.0 Å². The van der Waals surface area contributed by atoms with E-state index in [0.29, 0.717) is 44.6 Å². The van der Waals surface area contributed by atoms with Gasteiger partial charge >= 0.3 is 0 Å². The summed E-state index contributed by atoms with van der Waals surface area (Å²) in [4.78, 5) is 12.4. The van der Waals surface area contributed by atoms with Crippen molar-refractivity contribution in [3.8, 4) is 11.5 Å². The molecule has 0 spiro atoms. The molecule has 0 saturated carbocycles. The first-order valence-electron chi connectivity index (χ1n) is 11.2. The van der Waals surface area contributed by atoms with Crippen molar-refractivity contribution in [1.82, 2.24) is 5.01 Å². The molecule has 182 valence electrons. The normalized spacial score (nSPS) is 14.9. The number of benzene rings is 4. The quantitative estimate of drug-likeness (QED) is 0.251. The van der Waals surface area contributed by atoms with Gasteiger partial charge in [0, 0.05) is 23.1 Å². The number of rotatable bonds is 6. The van der Waals surface area contributed by atoms with Crippen LogP contribution in [0.15, 0.2) is 88.4 Å². The van der Waals surface area contributed by atoms with Crippen molar-refractivity contribution >= 4 is 50.1 Å². The Labute approximate surface area is 222 Å². The number of carbonyl (C=O) groups is 1. The standard InChI is InChI=1S/C28H22BrClN2O4/c1-17(33)32-28(36-27(31-32)19-9-6-11-22(30)13-19)21-14-24(29)26(25(15-21)34-2)35-16-20-10-5-8-18-7-3-4-12-23(18)20/h3-15,28H,16H2,1-2H3/t28-/m1/s1. The second-order valence-electron chi connectivity index (χ2n) is 8.21. The van der Waals surface area contributed by atoms with Gasteiger partial charge in [-0.25, -0.2) is 0 Å². The molecule has 1 heterocycles. The number of hydrazone groups is 1. The SMILES string of the molecule is COc1cc([C@H]2OC(c3cccc(Cl)c3)=NN2C(C)=O)cc(Br)c1OCc1cccc2ccccc12. The molecule has 4 aromatic rings. The summed E-state index contributed by atoms with van der Waals surface area (Å²) in [5.41, 5.74) is 2.41. The molecule has 0 aromatic heterocycles. The van der Waals surface area contributed by atoms with Crippen molar-refractivity contribution in [2.45, 2.75) is 19.8 Å². The molecule has 6 nitrogen and oxygen atoms in total. The smallest absolute Gasteiger partial charge is 0.243 e. The van der Waals surface area contributed by atoms with E-state index in [1.807, 2.05) is 36.4 Å². The Balaban J connectivity index is 1.43. The Bertz CT molecular complexity index is 1480. The molecule has 0 fully saturated rings. The largest absolute Gasteiger partial charge is 0.493 e. The predicted molar refractivity (Wildman–Crippen MR) is 143 cm³/mol. The molecule has 1 aliphatic heterocycles. The van der Waals surface area contributed by atoms with E-state index in [1.165, 1.54) is 11.9 Å². The van der Waals surface area contributed by atoms with E-state index in [2.05, 4.69) is 39.2 Å². The number of methoxy groups -OCH3 is 1. The lowest BCUT2D eigenvalue weighted by Gasteiger charge is -2.21. The molecule has 1 aliphatic rings. The molecule has 0 radical (unpaired) electrons. The minimum atomic E-state index is -0.770. The van der Waals surface area contributed by atoms with E-state index in [0.717, 1.165) is 16.3 Å². The Kier molecular flexibility index (Phi) is 6.85. The van der Waals surface area contributed by atoms with Crippen LogP contribution >= 0.6 is 27.5 Å². The molecular weight excluding hydrogens is 544 g/mol. The molecule has 36 heavy (non-hydrogen) atoms. The number of nitrogens with zero attached hydrogens (tertiary/aromatic N) is 2. The molecule has 0 saturated heterocycles. The fraction of sp³-hybridized carbons (Fsp3) is 0.143. The van der Waals surface area contributed by atoms with Crippen LogP contribution in [0.3, 0.4) is 0 Å². The predicted octanol–water partition coefficient (Wildman–Crippen LogP) is 7.08. The van der Waals surface area contributed by atoms with E-state index in [1.54, 1.807) is 31.4 Å². The lowest BCUT2D eigenvalue weighted by Crippen LogP contribution is -2.25. The third-order valence-electron chi connectivity index (χ3n) is 5.83. The second kappa shape index (κ2) is 10.2. The highest BCUT2D eigenvalue weighted by molar-refractivity contribution is 9.10. The highest BCUT2D eigenvalue weighted by atomic mass is 79.9. The van der Waals surface area contributed by atoms with Crippen molar-refractivity contribution in [1.29, 1.82) is 0 Å². The Morgan fingerprint density at radius 2 is 1.86 bits per heavy atom. The lowest BCUT2D eigenvalue weighted by atomic mass is 10.1. The molecule has 5 rings (SSSR count). The van der Waals surface area contributed by atoms with Gasteiger partial charge in [0.05, 0.1) is 11.6 Å². The van der Waals surface area contributed by atoms with Crippen LogP contribution in [0.2, 0.25) is 5.02 Å². The first-order valence-corrected chi connectivity index (χ1v) is 12.4. The first-order chi connectivity index (χ1) is 17.4. The summed E-state index contributed by atoms with van der Waals surface area (Å²) in [7, 11) is 1.57. The minimum absolute atomic E-state index is 0.261. The number of fused-ring (bicyclic) bond motifs is 1. The maximum atomic E-state index is 12.4. The summed E-state index contributed by atoms with van der Waals surface area (Å²) in [6.45, 7) is 1.80. The van der Waals surface area contributed by atoms with Gasteiger partial charge in [-0.3, -0.25) is 4.79 Å². The number of amides is 1. The van der Waals surface area contributed by atoms with Gasteiger partial charge in [-0.2, -0.15) is 5.01 Å². The Hall–Kier alpha value is -3.55. The highest BCUT2D eigenvalue weighted by Crippen LogP contribution is 2.41. The van der Waals surface area contributed by atoms with Crippen LogP contribution in [0.1, 0.15) is 29.8 Å². The fourth-order valence-electron chi connectivity index (χ4n) is 4.11. The molecular formula is C28H22BrClN2O4. The Morgan fingerprint density at radius 1 is 1.08 bits per heavy atom. The molecule has 4 aromatic carbocycles. The summed E-state index contributed by atoms with van der Waals surface area (Å²) >= 11 is 9.75. The third-order valence-corrected chi connectivity index (χ3v) is 6.65. The minimum Gasteiger partial charge on any atom is -0.493 e. The maximum absolute atomic E-state index is 12.4. The van der Waals surface area contributed by atoms with Gasteiger partial charge < -0.3 is 14.2 Å². The zero-order valence-electron chi connectivity index (χ0n) is 19.6. The van der Waals surface area contributed by atoms with Gasteiger partial charge in [-0.15, -0.1) is 5.10 Å². The van der Waals surface area contributed by atoms with Crippen LogP contribution < -0.4 is 9.47 Å². The van der Waals surface area contributed by atoms with Crippen LogP contribution in [0.25, 0.3) is 10.8 Å². The molecule has 0 unspecified atom stereocenters. The van der Waals surface area contributed by atoms with Crippen LogP contribution in [-0.2, 0) is 16.1 Å². The van der Waals surface area contributed by atoms with Crippen LogP contribution in [0.5, 0.6) is 11.5 Å². The van der Waals surface area contributed by atoms with E-state index >= 15 is 0 Å². The van der Waals surface area contributed by atoms with E-state index < -0.39 is 6.23 Å².